The average Bonchev–Trinajstić information content (AvgIpc) is 2.82. The van der Waals surface area contributed by atoms with Gasteiger partial charge < -0.3 is 9.64 Å². The largest absolute Gasteiger partial charge is 0.484 e. The van der Waals surface area contributed by atoms with Crippen LogP contribution < -0.4 is 10.3 Å². The zero-order valence-corrected chi connectivity index (χ0v) is 19.1. The van der Waals surface area contributed by atoms with Crippen molar-refractivity contribution in [2.24, 2.45) is 7.05 Å². The second-order valence-corrected chi connectivity index (χ2v) is 8.37. The number of hydrogen-bond acceptors (Lipinski definition) is 5. The molecule has 2 heterocycles. The number of carbonyl (C=O) groups excluding carboxylic acids is 1. The van der Waals surface area contributed by atoms with Crippen molar-refractivity contribution >= 4 is 28.4 Å². The molecule has 0 saturated carbocycles. The fraction of sp³-hybridized carbons (Fsp3) is 0.375. The molecular formula is C24H27ClN4O3. The zero-order chi connectivity index (χ0) is 22.7. The highest BCUT2D eigenvalue weighted by molar-refractivity contribution is 6.30. The summed E-state index contributed by atoms with van der Waals surface area (Å²) < 4.78 is 7.26. The summed E-state index contributed by atoms with van der Waals surface area (Å²) in [5.41, 5.74) is 0.689. The van der Waals surface area contributed by atoms with E-state index in [0.717, 1.165) is 17.8 Å². The van der Waals surface area contributed by atoms with Gasteiger partial charge in [-0.25, -0.2) is 4.98 Å². The van der Waals surface area contributed by atoms with E-state index in [9.17, 15) is 9.59 Å². The molecule has 7 nitrogen and oxygen atoms in total. The van der Waals surface area contributed by atoms with Gasteiger partial charge in [0.05, 0.1) is 16.9 Å². The molecule has 3 aromatic rings. The normalized spacial score (nSPS) is 15.7. The maximum atomic E-state index is 12.8. The van der Waals surface area contributed by atoms with E-state index in [1.165, 1.54) is 0 Å². The van der Waals surface area contributed by atoms with Gasteiger partial charge in [-0.15, -0.1) is 0 Å². The molecule has 0 aliphatic carbocycles. The monoisotopic (exact) mass is 454 g/mol. The summed E-state index contributed by atoms with van der Waals surface area (Å²) in [6.07, 6.45) is 0.826. The van der Waals surface area contributed by atoms with E-state index in [2.05, 4.69) is 11.8 Å². The van der Waals surface area contributed by atoms with Crippen LogP contribution in [-0.2, 0) is 11.8 Å². The van der Waals surface area contributed by atoms with Gasteiger partial charge in [0.2, 0.25) is 0 Å². The third-order valence-corrected chi connectivity index (χ3v) is 6.24. The SMILES string of the molecule is CCC(c1nc2ccccc2c(=O)n1C)N1CCN(C(=O)COc2ccc(Cl)cc2)CC1. The summed E-state index contributed by atoms with van der Waals surface area (Å²) >= 11 is 5.88. The van der Waals surface area contributed by atoms with Crippen molar-refractivity contribution in [1.29, 1.82) is 0 Å². The smallest absolute Gasteiger partial charge is 0.261 e. The molecule has 1 unspecified atom stereocenters. The Morgan fingerprint density at radius 1 is 1.09 bits per heavy atom. The van der Waals surface area contributed by atoms with Crippen LogP contribution in [0.1, 0.15) is 25.2 Å². The van der Waals surface area contributed by atoms with Gasteiger partial charge in [-0.2, -0.15) is 0 Å². The number of para-hydroxylation sites is 1. The van der Waals surface area contributed by atoms with Crippen LogP contribution >= 0.6 is 11.6 Å². The summed E-state index contributed by atoms with van der Waals surface area (Å²) in [6.45, 7) is 4.76. The number of piperazine rings is 1. The molecule has 0 N–H and O–H groups in total. The molecule has 1 aliphatic heterocycles. The number of aromatic nitrogens is 2. The van der Waals surface area contributed by atoms with Gasteiger partial charge in [-0.3, -0.25) is 19.1 Å². The molecule has 4 rings (SSSR count). The first-order valence-electron chi connectivity index (χ1n) is 10.8. The minimum Gasteiger partial charge on any atom is -0.484 e. The van der Waals surface area contributed by atoms with Crippen LogP contribution in [0.5, 0.6) is 5.75 Å². The molecule has 32 heavy (non-hydrogen) atoms. The lowest BCUT2D eigenvalue weighted by atomic mass is 10.1. The fourth-order valence-corrected chi connectivity index (χ4v) is 4.31. The molecule has 1 aromatic heterocycles. The van der Waals surface area contributed by atoms with E-state index >= 15 is 0 Å². The van der Waals surface area contributed by atoms with Crippen LogP contribution in [0.4, 0.5) is 0 Å². The Balaban J connectivity index is 1.41. The van der Waals surface area contributed by atoms with Crippen molar-refractivity contribution in [2.45, 2.75) is 19.4 Å². The summed E-state index contributed by atoms with van der Waals surface area (Å²) in [7, 11) is 1.79. The maximum absolute atomic E-state index is 12.8. The van der Waals surface area contributed by atoms with Crippen molar-refractivity contribution in [3.8, 4) is 5.75 Å². The fourth-order valence-electron chi connectivity index (χ4n) is 4.19. The lowest BCUT2D eigenvalue weighted by Gasteiger charge is -2.39. The van der Waals surface area contributed by atoms with Gasteiger partial charge in [0.15, 0.2) is 6.61 Å². The Labute approximate surface area is 192 Å². The van der Waals surface area contributed by atoms with Gasteiger partial charge in [-0.05, 0) is 42.8 Å². The Kier molecular flexibility index (Phi) is 6.77. The zero-order valence-electron chi connectivity index (χ0n) is 18.3. The van der Waals surface area contributed by atoms with Crippen LogP contribution in [0, 0.1) is 0 Å². The lowest BCUT2D eigenvalue weighted by molar-refractivity contribution is -0.135. The van der Waals surface area contributed by atoms with Crippen LogP contribution in [0.25, 0.3) is 10.9 Å². The molecule has 0 spiro atoms. The quantitative estimate of drug-likeness (QED) is 0.572. The lowest BCUT2D eigenvalue weighted by Crippen LogP contribution is -2.51. The molecule has 1 amide bonds. The molecule has 1 aliphatic rings. The van der Waals surface area contributed by atoms with Crippen LogP contribution in [0.15, 0.2) is 53.3 Å². The van der Waals surface area contributed by atoms with Gasteiger partial charge in [-0.1, -0.05) is 30.7 Å². The summed E-state index contributed by atoms with van der Waals surface area (Å²) in [4.78, 5) is 34.4. The van der Waals surface area contributed by atoms with E-state index < -0.39 is 0 Å². The highest BCUT2D eigenvalue weighted by atomic mass is 35.5. The molecule has 168 valence electrons. The molecular weight excluding hydrogens is 428 g/mol. The van der Waals surface area contributed by atoms with E-state index in [-0.39, 0.29) is 24.1 Å². The number of carbonyl (C=O) groups is 1. The van der Waals surface area contributed by atoms with E-state index in [0.29, 0.717) is 42.3 Å². The van der Waals surface area contributed by atoms with Crippen LogP contribution in [-0.4, -0.2) is 58.0 Å². The minimum absolute atomic E-state index is 0.000426. The summed E-state index contributed by atoms with van der Waals surface area (Å²) in [5.74, 6) is 1.35. The number of hydrogen-bond donors (Lipinski definition) is 0. The molecule has 1 saturated heterocycles. The number of nitrogens with zero attached hydrogens (tertiary/aromatic N) is 4. The van der Waals surface area contributed by atoms with Gasteiger partial charge in [0.25, 0.3) is 11.5 Å². The topological polar surface area (TPSA) is 67.7 Å². The molecule has 8 heteroatoms. The van der Waals surface area contributed by atoms with Crippen LogP contribution in [0.3, 0.4) is 0 Å². The molecule has 1 fully saturated rings. The number of amides is 1. The Hall–Kier alpha value is -2.90. The number of benzene rings is 2. The first kappa shape index (κ1) is 22.3. The standard InChI is InChI=1S/C24H27ClN4O3/c1-3-21(23-26-20-7-5-4-6-19(20)24(31)27(23)2)28-12-14-29(15-13-28)22(30)16-32-18-10-8-17(25)9-11-18/h4-11,21H,3,12-16H2,1-2H3. The third-order valence-electron chi connectivity index (χ3n) is 5.99. The van der Waals surface area contributed by atoms with E-state index in [4.69, 9.17) is 21.3 Å². The van der Waals surface area contributed by atoms with Crippen molar-refractivity contribution in [3.63, 3.8) is 0 Å². The highest BCUT2D eigenvalue weighted by Crippen LogP contribution is 2.24. The predicted molar refractivity (Wildman–Crippen MR) is 125 cm³/mol. The number of ether oxygens (including phenoxy) is 1. The second kappa shape index (κ2) is 9.71. The Morgan fingerprint density at radius 2 is 1.78 bits per heavy atom. The molecule has 0 bridgehead atoms. The van der Waals surface area contributed by atoms with Crippen molar-refractivity contribution in [2.75, 3.05) is 32.8 Å². The number of rotatable bonds is 6. The van der Waals surface area contributed by atoms with Gasteiger partial charge >= 0.3 is 0 Å². The summed E-state index contributed by atoms with van der Waals surface area (Å²) in [5, 5.41) is 1.26. The molecule has 2 aromatic carbocycles. The predicted octanol–water partition coefficient (Wildman–Crippen LogP) is 3.26. The van der Waals surface area contributed by atoms with E-state index in [1.807, 2.05) is 29.2 Å². The Bertz CT molecular complexity index is 1150. The minimum atomic E-state index is -0.0381. The Morgan fingerprint density at radius 3 is 2.47 bits per heavy atom. The van der Waals surface area contributed by atoms with Gasteiger partial charge in [0, 0.05) is 38.2 Å². The maximum Gasteiger partial charge on any atom is 0.261 e. The second-order valence-electron chi connectivity index (χ2n) is 7.93. The highest BCUT2D eigenvalue weighted by Gasteiger charge is 2.28. The van der Waals surface area contributed by atoms with Crippen molar-refractivity contribution < 1.29 is 9.53 Å². The van der Waals surface area contributed by atoms with Crippen molar-refractivity contribution in [3.05, 3.63) is 69.7 Å². The number of halogens is 1. The first-order valence-corrected chi connectivity index (χ1v) is 11.2. The summed E-state index contributed by atoms with van der Waals surface area (Å²) in [6, 6.07) is 14.4. The average molecular weight is 455 g/mol. The molecule has 0 radical (unpaired) electrons. The first-order chi connectivity index (χ1) is 15.5. The molecule has 1 atom stereocenters. The van der Waals surface area contributed by atoms with Crippen LogP contribution in [0.2, 0.25) is 5.02 Å². The number of fused-ring (bicyclic) bond motifs is 1. The van der Waals surface area contributed by atoms with E-state index in [1.54, 1.807) is 35.9 Å². The van der Waals surface area contributed by atoms with Gasteiger partial charge in [0.1, 0.15) is 11.6 Å². The van der Waals surface area contributed by atoms with Crippen molar-refractivity contribution in [1.82, 2.24) is 19.4 Å². The third kappa shape index (κ3) is 4.64.